The minimum Gasteiger partial charge on any atom is -0.491 e. The van der Waals surface area contributed by atoms with Crippen LogP contribution in [-0.4, -0.2) is 17.8 Å². The highest BCUT2D eigenvalue weighted by molar-refractivity contribution is 9.10. The van der Waals surface area contributed by atoms with E-state index in [-0.39, 0.29) is 6.04 Å². The molecule has 0 heterocycles. The molecule has 0 aliphatic rings. The lowest BCUT2D eigenvalue weighted by Gasteiger charge is -2.17. The van der Waals surface area contributed by atoms with E-state index >= 15 is 0 Å². The zero-order valence-electron chi connectivity index (χ0n) is 11.7. The smallest absolute Gasteiger partial charge is 0.171 e. The minimum absolute atomic E-state index is 0.112. The number of rotatable bonds is 5. The second-order valence-electron chi connectivity index (χ2n) is 4.63. The lowest BCUT2D eigenvalue weighted by Crippen LogP contribution is -2.39. The largest absolute Gasteiger partial charge is 0.491 e. The maximum atomic E-state index is 5.68. The zero-order chi connectivity index (χ0) is 15.1. The van der Waals surface area contributed by atoms with Crippen molar-refractivity contribution in [2.75, 3.05) is 11.9 Å². The molecular weight excluding hydrogens is 348 g/mol. The fraction of sp³-hybridized carbons (Fsp3) is 0.188. The molecule has 0 aromatic heterocycles. The molecule has 5 heteroatoms. The Kier molecular flexibility index (Phi) is 6.02. The number of anilines is 1. The third-order valence-electron chi connectivity index (χ3n) is 2.72. The second-order valence-corrected chi connectivity index (χ2v) is 5.95. The van der Waals surface area contributed by atoms with Gasteiger partial charge < -0.3 is 15.4 Å². The van der Waals surface area contributed by atoms with Gasteiger partial charge in [0.2, 0.25) is 0 Å². The number of thiocarbonyl (C=S) groups is 1. The van der Waals surface area contributed by atoms with E-state index in [1.165, 1.54) is 0 Å². The Morgan fingerprint density at radius 2 is 1.81 bits per heavy atom. The van der Waals surface area contributed by atoms with Crippen molar-refractivity contribution in [1.29, 1.82) is 0 Å². The minimum atomic E-state index is 0.112. The molecule has 21 heavy (non-hydrogen) atoms. The summed E-state index contributed by atoms with van der Waals surface area (Å²) in [6, 6.07) is 17.7. The van der Waals surface area contributed by atoms with Crippen LogP contribution in [0, 0.1) is 0 Å². The maximum Gasteiger partial charge on any atom is 0.171 e. The maximum absolute atomic E-state index is 5.68. The molecule has 110 valence electrons. The number of halogens is 1. The van der Waals surface area contributed by atoms with E-state index in [4.69, 9.17) is 17.0 Å². The van der Waals surface area contributed by atoms with Gasteiger partial charge in [-0.1, -0.05) is 34.1 Å². The van der Waals surface area contributed by atoms with E-state index < -0.39 is 0 Å². The Bertz CT molecular complexity index is 575. The van der Waals surface area contributed by atoms with E-state index in [1.807, 2.05) is 61.5 Å². The summed E-state index contributed by atoms with van der Waals surface area (Å²) in [5.41, 5.74) is 0.951. The van der Waals surface area contributed by atoms with Crippen LogP contribution < -0.4 is 15.4 Å². The Hall–Kier alpha value is -1.59. The molecule has 3 nitrogen and oxygen atoms in total. The molecule has 0 bridgehead atoms. The van der Waals surface area contributed by atoms with Crippen LogP contribution in [-0.2, 0) is 0 Å². The molecule has 2 aromatic rings. The van der Waals surface area contributed by atoms with Crippen LogP contribution >= 0.6 is 28.1 Å². The fourth-order valence-electron chi connectivity index (χ4n) is 1.70. The van der Waals surface area contributed by atoms with Crippen molar-refractivity contribution in [3.63, 3.8) is 0 Å². The van der Waals surface area contributed by atoms with Gasteiger partial charge >= 0.3 is 0 Å². The third-order valence-corrected chi connectivity index (χ3v) is 3.47. The standard InChI is InChI=1S/C16H17BrN2OS/c1-12(11-20-15-5-3-2-4-6-15)18-16(21)19-14-9-7-13(17)8-10-14/h2-10,12H,11H2,1H3,(H2,18,19,21)/t12-/m1/s1. The molecule has 2 aromatic carbocycles. The molecular formula is C16H17BrN2OS. The normalized spacial score (nSPS) is 11.5. The lowest BCUT2D eigenvalue weighted by molar-refractivity contribution is 0.287. The first-order valence-corrected chi connectivity index (χ1v) is 7.84. The van der Waals surface area contributed by atoms with E-state index in [0.717, 1.165) is 15.9 Å². The summed E-state index contributed by atoms with van der Waals surface area (Å²) in [5, 5.41) is 6.92. The van der Waals surface area contributed by atoms with Crippen LogP contribution in [0.3, 0.4) is 0 Å². The second kappa shape index (κ2) is 8.00. The number of benzene rings is 2. The summed E-state index contributed by atoms with van der Waals surface area (Å²) in [4.78, 5) is 0. The molecule has 0 saturated heterocycles. The van der Waals surface area contributed by atoms with Gasteiger partial charge in [0.15, 0.2) is 5.11 Å². The van der Waals surface area contributed by atoms with Gasteiger partial charge in [-0.15, -0.1) is 0 Å². The SMILES string of the molecule is C[C@H](COc1ccccc1)NC(=S)Nc1ccc(Br)cc1. The Labute approximate surface area is 138 Å². The number of para-hydroxylation sites is 1. The quantitative estimate of drug-likeness (QED) is 0.778. The highest BCUT2D eigenvalue weighted by Crippen LogP contribution is 2.14. The van der Waals surface area contributed by atoms with Gasteiger partial charge in [0.1, 0.15) is 12.4 Å². The molecule has 2 N–H and O–H groups in total. The molecule has 2 rings (SSSR count). The predicted octanol–water partition coefficient (Wildman–Crippen LogP) is 4.20. The van der Waals surface area contributed by atoms with Crippen LogP contribution in [0.15, 0.2) is 59.1 Å². The number of hydrogen-bond acceptors (Lipinski definition) is 2. The highest BCUT2D eigenvalue weighted by atomic mass is 79.9. The molecule has 0 amide bonds. The van der Waals surface area contributed by atoms with Gasteiger partial charge in [-0.2, -0.15) is 0 Å². The summed E-state index contributed by atoms with van der Waals surface area (Å²) in [6.07, 6.45) is 0. The van der Waals surface area contributed by atoms with Gasteiger partial charge in [-0.25, -0.2) is 0 Å². The van der Waals surface area contributed by atoms with Gasteiger partial charge in [0, 0.05) is 10.2 Å². The van der Waals surface area contributed by atoms with Crippen LogP contribution in [0.4, 0.5) is 5.69 Å². The Morgan fingerprint density at radius 3 is 2.48 bits per heavy atom. The van der Waals surface area contributed by atoms with Crippen molar-refractivity contribution in [2.45, 2.75) is 13.0 Å². The van der Waals surface area contributed by atoms with E-state index in [0.29, 0.717) is 11.7 Å². The van der Waals surface area contributed by atoms with Gasteiger partial charge in [-0.05, 0) is 55.5 Å². The van der Waals surface area contributed by atoms with E-state index in [1.54, 1.807) is 0 Å². The third kappa shape index (κ3) is 5.73. The topological polar surface area (TPSA) is 33.3 Å². The summed E-state index contributed by atoms with van der Waals surface area (Å²) < 4.78 is 6.72. The van der Waals surface area contributed by atoms with Crippen molar-refractivity contribution >= 4 is 38.9 Å². The van der Waals surface area contributed by atoms with Crippen molar-refractivity contribution in [3.8, 4) is 5.75 Å². The molecule has 0 aliphatic carbocycles. The first kappa shape index (κ1) is 15.8. The van der Waals surface area contributed by atoms with Crippen molar-refractivity contribution < 1.29 is 4.74 Å². The van der Waals surface area contributed by atoms with Crippen molar-refractivity contribution in [2.24, 2.45) is 0 Å². The van der Waals surface area contributed by atoms with Crippen LogP contribution in [0.5, 0.6) is 5.75 Å². The molecule has 0 aliphatic heterocycles. The Balaban J connectivity index is 1.75. The number of nitrogens with one attached hydrogen (secondary N) is 2. The molecule has 0 fully saturated rings. The zero-order valence-corrected chi connectivity index (χ0v) is 14.1. The predicted molar refractivity (Wildman–Crippen MR) is 94.9 cm³/mol. The monoisotopic (exact) mass is 364 g/mol. The van der Waals surface area contributed by atoms with Crippen molar-refractivity contribution in [1.82, 2.24) is 5.32 Å². The summed E-state index contributed by atoms with van der Waals surface area (Å²) in [6.45, 7) is 2.57. The molecule has 0 radical (unpaired) electrons. The van der Waals surface area contributed by atoms with Gasteiger partial charge in [0.05, 0.1) is 6.04 Å². The first-order valence-electron chi connectivity index (χ1n) is 6.64. The molecule has 1 atom stereocenters. The molecule has 0 spiro atoms. The van der Waals surface area contributed by atoms with E-state index in [2.05, 4.69) is 26.6 Å². The summed E-state index contributed by atoms with van der Waals surface area (Å²) >= 11 is 8.69. The van der Waals surface area contributed by atoms with Gasteiger partial charge in [-0.3, -0.25) is 0 Å². The van der Waals surface area contributed by atoms with Crippen LogP contribution in [0.25, 0.3) is 0 Å². The van der Waals surface area contributed by atoms with E-state index in [9.17, 15) is 0 Å². The van der Waals surface area contributed by atoms with Crippen LogP contribution in [0.2, 0.25) is 0 Å². The molecule has 0 unspecified atom stereocenters. The fourth-order valence-corrected chi connectivity index (χ4v) is 2.29. The highest BCUT2D eigenvalue weighted by Gasteiger charge is 2.05. The summed E-state index contributed by atoms with van der Waals surface area (Å²) in [5.74, 6) is 0.859. The van der Waals surface area contributed by atoms with Gasteiger partial charge in [0.25, 0.3) is 0 Å². The number of ether oxygens (including phenoxy) is 1. The average Bonchev–Trinajstić information content (AvgIpc) is 2.48. The van der Waals surface area contributed by atoms with Crippen LogP contribution in [0.1, 0.15) is 6.92 Å². The lowest BCUT2D eigenvalue weighted by atomic mass is 10.3. The summed E-state index contributed by atoms with van der Waals surface area (Å²) in [7, 11) is 0. The Morgan fingerprint density at radius 1 is 1.14 bits per heavy atom. The molecule has 0 saturated carbocycles. The van der Waals surface area contributed by atoms with Crippen molar-refractivity contribution in [3.05, 3.63) is 59.1 Å². The first-order chi connectivity index (χ1) is 10.1. The number of hydrogen-bond donors (Lipinski definition) is 2. The average molecular weight is 365 g/mol.